The van der Waals surface area contributed by atoms with Crippen LogP contribution in [0.4, 0.5) is 0 Å². The molecule has 1 heterocycles. The van der Waals surface area contributed by atoms with Crippen LogP contribution in [0.3, 0.4) is 0 Å². The molecule has 0 saturated heterocycles. The van der Waals surface area contributed by atoms with Gasteiger partial charge in [-0.1, -0.05) is 0 Å². The molecule has 0 radical (unpaired) electrons. The average molecular weight is 274 g/mol. The summed E-state index contributed by atoms with van der Waals surface area (Å²) in [6.07, 6.45) is 4.02. The number of aryl methyl sites for hydroxylation is 2. The van der Waals surface area contributed by atoms with Crippen LogP contribution < -0.4 is 4.74 Å². The summed E-state index contributed by atoms with van der Waals surface area (Å²) in [5.41, 5.74) is 2.75. The topological polar surface area (TPSA) is 76.7 Å². The fraction of sp³-hybridized carbons (Fsp3) is 0.200. The van der Waals surface area contributed by atoms with Crippen molar-refractivity contribution >= 4 is 29.0 Å². The van der Waals surface area contributed by atoms with Crippen LogP contribution in [0.5, 0.6) is 5.75 Å². The Hall–Kier alpha value is -2.56. The Balaban J connectivity index is 2.70. The molecule has 0 saturated carbocycles. The Morgan fingerprint density at radius 1 is 1.35 bits per heavy atom. The van der Waals surface area contributed by atoms with E-state index in [4.69, 9.17) is 14.3 Å². The molecule has 0 bridgehead atoms. The highest BCUT2D eigenvalue weighted by Crippen LogP contribution is 2.35. The van der Waals surface area contributed by atoms with Gasteiger partial charge in [-0.3, -0.25) is 4.79 Å². The van der Waals surface area contributed by atoms with Crippen LogP contribution in [0.15, 0.2) is 22.8 Å². The van der Waals surface area contributed by atoms with Crippen LogP contribution in [-0.4, -0.2) is 17.0 Å². The molecule has 0 spiro atoms. The molecule has 20 heavy (non-hydrogen) atoms. The third-order valence-electron chi connectivity index (χ3n) is 2.92. The molecule has 0 amide bonds. The normalized spacial score (nSPS) is 11.2. The second-order valence-electron chi connectivity index (χ2n) is 4.48. The molecule has 1 N–H and O–H groups in total. The molecule has 0 unspecified atom stereocenters. The van der Waals surface area contributed by atoms with Crippen molar-refractivity contribution in [1.82, 2.24) is 0 Å². The number of carboxylic acid groups (broad SMARTS) is 1. The number of benzene rings is 1. The molecule has 104 valence electrons. The largest absolute Gasteiger partial charge is 0.478 e. The summed E-state index contributed by atoms with van der Waals surface area (Å²) in [5, 5.41) is 9.60. The molecular weight excluding hydrogens is 260 g/mol. The minimum atomic E-state index is -1.07. The molecule has 0 atom stereocenters. The zero-order chi connectivity index (χ0) is 14.9. The van der Waals surface area contributed by atoms with Crippen LogP contribution in [0.2, 0.25) is 0 Å². The number of hydrogen-bond acceptors (Lipinski definition) is 4. The van der Waals surface area contributed by atoms with Gasteiger partial charge in [-0.05, 0) is 31.6 Å². The van der Waals surface area contributed by atoms with Gasteiger partial charge in [-0.2, -0.15) is 0 Å². The van der Waals surface area contributed by atoms with E-state index in [1.54, 1.807) is 19.3 Å². The predicted octanol–water partition coefficient (Wildman–Crippen LogP) is 3.07. The maximum Gasteiger partial charge on any atom is 0.328 e. The first kappa shape index (κ1) is 13.9. The van der Waals surface area contributed by atoms with Crippen LogP contribution in [0.1, 0.15) is 23.6 Å². The number of carboxylic acids is 1. The van der Waals surface area contributed by atoms with Crippen LogP contribution in [0, 0.1) is 13.8 Å². The van der Waals surface area contributed by atoms with Gasteiger partial charge in [0.05, 0.1) is 6.26 Å². The summed E-state index contributed by atoms with van der Waals surface area (Å²) in [5.74, 6) is -1.22. The fourth-order valence-corrected chi connectivity index (χ4v) is 2.03. The Morgan fingerprint density at radius 2 is 2.05 bits per heavy atom. The van der Waals surface area contributed by atoms with E-state index < -0.39 is 11.9 Å². The number of carbonyl (C=O) groups is 2. The van der Waals surface area contributed by atoms with Gasteiger partial charge in [-0.15, -0.1) is 0 Å². The van der Waals surface area contributed by atoms with E-state index in [-0.39, 0.29) is 0 Å². The zero-order valence-electron chi connectivity index (χ0n) is 11.4. The van der Waals surface area contributed by atoms with Crippen LogP contribution in [0.25, 0.3) is 17.0 Å². The second-order valence-corrected chi connectivity index (χ2v) is 4.48. The molecular formula is C15H14O5. The summed E-state index contributed by atoms with van der Waals surface area (Å²) in [6.45, 7) is 4.95. The van der Waals surface area contributed by atoms with E-state index in [0.29, 0.717) is 22.5 Å². The molecule has 2 rings (SSSR count). The lowest BCUT2D eigenvalue weighted by molar-refractivity contribution is -0.132. The number of carbonyl (C=O) groups excluding carboxylic acids is 1. The lowest BCUT2D eigenvalue weighted by Crippen LogP contribution is -2.04. The van der Waals surface area contributed by atoms with Crippen molar-refractivity contribution in [2.45, 2.75) is 20.8 Å². The summed E-state index contributed by atoms with van der Waals surface area (Å²) < 4.78 is 10.6. The van der Waals surface area contributed by atoms with Crippen molar-refractivity contribution in [2.24, 2.45) is 0 Å². The molecule has 1 aromatic carbocycles. The highest BCUT2D eigenvalue weighted by Gasteiger charge is 2.16. The van der Waals surface area contributed by atoms with E-state index in [1.807, 2.05) is 6.92 Å². The third-order valence-corrected chi connectivity index (χ3v) is 2.92. The fourth-order valence-electron chi connectivity index (χ4n) is 2.03. The van der Waals surface area contributed by atoms with Crippen molar-refractivity contribution in [3.63, 3.8) is 0 Å². The summed E-state index contributed by atoms with van der Waals surface area (Å²) in [7, 11) is 0. The van der Waals surface area contributed by atoms with E-state index in [9.17, 15) is 9.59 Å². The van der Waals surface area contributed by atoms with Gasteiger partial charge >= 0.3 is 11.9 Å². The van der Waals surface area contributed by atoms with Gasteiger partial charge in [0, 0.05) is 29.5 Å². The van der Waals surface area contributed by atoms with Gasteiger partial charge in [0.1, 0.15) is 11.3 Å². The Kier molecular flexibility index (Phi) is 3.61. The van der Waals surface area contributed by atoms with E-state index in [2.05, 4.69) is 0 Å². The average Bonchev–Trinajstić information content (AvgIpc) is 2.72. The van der Waals surface area contributed by atoms with Gasteiger partial charge in [0.2, 0.25) is 0 Å². The zero-order valence-corrected chi connectivity index (χ0v) is 11.4. The lowest BCUT2D eigenvalue weighted by atomic mass is 10.0. The van der Waals surface area contributed by atoms with Crippen molar-refractivity contribution in [3.8, 4) is 5.75 Å². The predicted molar refractivity (Wildman–Crippen MR) is 73.7 cm³/mol. The first-order valence-corrected chi connectivity index (χ1v) is 6.01. The molecule has 1 aromatic heterocycles. The first-order valence-electron chi connectivity index (χ1n) is 6.01. The molecule has 0 fully saturated rings. The smallest absolute Gasteiger partial charge is 0.328 e. The van der Waals surface area contributed by atoms with Gasteiger partial charge in [-0.25, -0.2) is 4.79 Å². The highest BCUT2D eigenvalue weighted by atomic mass is 16.5. The third kappa shape index (κ3) is 2.56. The summed E-state index contributed by atoms with van der Waals surface area (Å²) >= 11 is 0. The Labute approximate surface area is 115 Å². The highest BCUT2D eigenvalue weighted by molar-refractivity contribution is 5.92. The van der Waals surface area contributed by atoms with Crippen LogP contribution >= 0.6 is 0 Å². The molecule has 0 aliphatic rings. The monoisotopic (exact) mass is 274 g/mol. The molecule has 0 aliphatic carbocycles. The SMILES string of the molecule is CC(=O)Oc1c(/C=C\C(=O)O)cc2c(C)coc2c1C. The molecule has 5 heteroatoms. The standard InChI is InChI=1S/C15H14O5/c1-8-7-19-15-9(2)14(20-10(3)16)11(6-12(8)15)4-5-13(17)18/h4-7H,1-3H3,(H,17,18)/b5-4-. The number of furan rings is 1. The maximum atomic E-state index is 11.2. The van der Waals surface area contributed by atoms with Gasteiger partial charge < -0.3 is 14.3 Å². The van der Waals surface area contributed by atoms with Gasteiger partial charge in [0.25, 0.3) is 0 Å². The maximum absolute atomic E-state index is 11.2. The quantitative estimate of drug-likeness (QED) is 0.528. The molecule has 5 nitrogen and oxygen atoms in total. The van der Waals surface area contributed by atoms with Crippen LogP contribution in [-0.2, 0) is 9.59 Å². The minimum Gasteiger partial charge on any atom is -0.478 e. The first-order chi connectivity index (χ1) is 9.40. The number of aliphatic carboxylic acids is 1. The van der Waals surface area contributed by atoms with Gasteiger partial charge in [0.15, 0.2) is 0 Å². The summed E-state index contributed by atoms with van der Waals surface area (Å²) in [4.78, 5) is 21.9. The molecule has 2 aromatic rings. The number of esters is 1. The summed E-state index contributed by atoms with van der Waals surface area (Å²) in [6, 6.07) is 1.75. The number of ether oxygens (including phenoxy) is 1. The lowest BCUT2D eigenvalue weighted by Gasteiger charge is -2.10. The van der Waals surface area contributed by atoms with E-state index in [1.165, 1.54) is 13.0 Å². The number of hydrogen-bond donors (Lipinski definition) is 1. The Bertz CT molecular complexity index is 721. The molecule has 0 aliphatic heterocycles. The van der Waals surface area contributed by atoms with E-state index in [0.717, 1.165) is 17.0 Å². The minimum absolute atomic E-state index is 0.317. The van der Waals surface area contributed by atoms with Crippen molar-refractivity contribution in [3.05, 3.63) is 35.1 Å². The number of fused-ring (bicyclic) bond motifs is 1. The van der Waals surface area contributed by atoms with Crippen molar-refractivity contribution < 1.29 is 23.8 Å². The number of rotatable bonds is 3. The van der Waals surface area contributed by atoms with Crippen molar-refractivity contribution in [1.29, 1.82) is 0 Å². The van der Waals surface area contributed by atoms with E-state index >= 15 is 0 Å². The Morgan fingerprint density at radius 3 is 2.65 bits per heavy atom. The van der Waals surface area contributed by atoms with Crippen molar-refractivity contribution in [2.75, 3.05) is 0 Å². The second kappa shape index (κ2) is 5.21.